The molecule has 0 radical (unpaired) electrons. The fraction of sp³-hybridized carbons (Fsp3) is 0.308. The Morgan fingerprint density at radius 3 is 2.38 bits per heavy atom. The minimum absolute atomic E-state index is 0.213. The van der Waals surface area contributed by atoms with Gasteiger partial charge in [-0.25, -0.2) is 4.79 Å². The highest BCUT2D eigenvalue weighted by molar-refractivity contribution is 5.92. The van der Waals surface area contributed by atoms with Gasteiger partial charge in [-0.05, 0) is 51.3 Å². The number of nitrogens with one attached hydrogen (secondary N) is 1. The Morgan fingerprint density at radius 2 is 1.71 bits per heavy atom. The van der Waals surface area contributed by atoms with Crippen LogP contribution < -0.4 is 16.6 Å². The van der Waals surface area contributed by atoms with Gasteiger partial charge in [0.2, 0.25) is 5.91 Å². The van der Waals surface area contributed by atoms with Crippen LogP contribution in [-0.2, 0) is 30.8 Å². The summed E-state index contributed by atoms with van der Waals surface area (Å²) in [4.78, 5) is 39.8. The lowest BCUT2D eigenvalue weighted by molar-refractivity contribution is -0.116. The number of anilines is 1. The number of carbonyl (C=O) groups is 1. The fourth-order valence-corrected chi connectivity index (χ4v) is 4.31. The van der Waals surface area contributed by atoms with Crippen LogP contribution in [0, 0.1) is 20.8 Å². The number of benzene rings is 2. The molecule has 0 aliphatic heterocycles. The Bertz CT molecular complexity index is 1480. The lowest BCUT2D eigenvalue weighted by atomic mass is 10.1. The van der Waals surface area contributed by atoms with E-state index in [1.807, 2.05) is 69.3 Å². The van der Waals surface area contributed by atoms with Crippen molar-refractivity contribution in [2.75, 3.05) is 5.32 Å². The SMILES string of the molecule is CCn1nc(C)c2c1c(=O)n(CCc1ccccc1)c(=O)n2CC(=O)Nc1ccc(C)cc1C. The number of hydrogen-bond donors (Lipinski definition) is 1. The van der Waals surface area contributed by atoms with Gasteiger partial charge in [0.15, 0.2) is 5.52 Å². The number of nitrogens with zero attached hydrogens (tertiary/aromatic N) is 4. The quantitative estimate of drug-likeness (QED) is 0.460. The summed E-state index contributed by atoms with van der Waals surface area (Å²) < 4.78 is 4.19. The Morgan fingerprint density at radius 1 is 0.971 bits per heavy atom. The van der Waals surface area contributed by atoms with Crippen LogP contribution in [0.3, 0.4) is 0 Å². The van der Waals surface area contributed by atoms with Gasteiger partial charge in [0.05, 0.1) is 5.69 Å². The van der Waals surface area contributed by atoms with Crippen molar-refractivity contribution in [2.24, 2.45) is 0 Å². The first kappa shape index (κ1) is 23.2. The van der Waals surface area contributed by atoms with E-state index in [9.17, 15) is 14.4 Å². The summed E-state index contributed by atoms with van der Waals surface area (Å²) in [7, 11) is 0. The van der Waals surface area contributed by atoms with Gasteiger partial charge in [-0.1, -0.05) is 48.0 Å². The number of rotatable bonds is 7. The summed E-state index contributed by atoms with van der Waals surface area (Å²) in [6.07, 6.45) is 0.523. The number of aryl methyl sites for hydroxylation is 5. The molecule has 1 N–H and O–H groups in total. The molecule has 0 fully saturated rings. The molecule has 0 spiro atoms. The minimum atomic E-state index is -0.511. The highest BCUT2D eigenvalue weighted by Crippen LogP contribution is 2.17. The zero-order chi connectivity index (χ0) is 24.4. The zero-order valence-electron chi connectivity index (χ0n) is 20.0. The molecule has 8 nitrogen and oxygen atoms in total. The molecule has 4 aromatic rings. The Labute approximate surface area is 197 Å². The summed E-state index contributed by atoms with van der Waals surface area (Å²) >= 11 is 0. The van der Waals surface area contributed by atoms with E-state index >= 15 is 0 Å². The molecule has 2 heterocycles. The highest BCUT2D eigenvalue weighted by atomic mass is 16.2. The average molecular weight is 460 g/mol. The largest absolute Gasteiger partial charge is 0.332 e. The number of hydrogen-bond acceptors (Lipinski definition) is 4. The summed E-state index contributed by atoms with van der Waals surface area (Å²) in [6.45, 7) is 8.02. The van der Waals surface area contributed by atoms with Crippen molar-refractivity contribution in [1.82, 2.24) is 18.9 Å². The third-order valence-corrected chi connectivity index (χ3v) is 6.00. The average Bonchev–Trinajstić information content (AvgIpc) is 3.15. The second kappa shape index (κ2) is 9.51. The molecule has 0 saturated carbocycles. The van der Waals surface area contributed by atoms with Crippen LogP contribution in [0.2, 0.25) is 0 Å². The van der Waals surface area contributed by atoms with Gasteiger partial charge in [-0.2, -0.15) is 5.10 Å². The fourth-order valence-electron chi connectivity index (χ4n) is 4.31. The molecule has 4 rings (SSSR count). The molecular formula is C26H29N5O3. The van der Waals surface area contributed by atoms with Crippen LogP contribution in [0.4, 0.5) is 5.69 Å². The molecule has 0 aliphatic rings. The predicted molar refractivity (Wildman–Crippen MR) is 133 cm³/mol. The highest BCUT2D eigenvalue weighted by Gasteiger charge is 2.21. The summed E-state index contributed by atoms with van der Waals surface area (Å²) in [5.74, 6) is -0.341. The van der Waals surface area contributed by atoms with Crippen LogP contribution in [-0.4, -0.2) is 24.8 Å². The zero-order valence-corrected chi connectivity index (χ0v) is 20.0. The van der Waals surface area contributed by atoms with Crippen LogP contribution in [0.1, 0.15) is 29.3 Å². The van der Waals surface area contributed by atoms with Gasteiger partial charge in [0.1, 0.15) is 12.1 Å². The van der Waals surface area contributed by atoms with Crippen molar-refractivity contribution in [1.29, 1.82) is 0 Å². The predicted octanol–water partition coefficient (Wildman–Crippen LogP) is 3.19. The van der Waals surface area contributed by atoms with Crippen LogP contribution >= 0.6 is 0 Å². The van der Waals surface area contributed by atoms with E-state index in [-0.39, 0.29) is 24.6 Å². The van der Waals surface area contributed by atoms with Crippen molar-refractivity contribution >= 4 is 22.6 Å². The lowest BCUT2D eigenvalue weighted by Gasteiger charge is -2.14. The van der Waals surface area contributed by atoms with Gasteiger partial charge < -0.3 is 5.32 Å². The normalized spacial score (nSPS) is 11.2. The molecule has 1 amide bonds. The molecule has 0 atom stereocenters. The second-order valence-electron chi connectivity index (χ2n) is 8.53. The van der Waals surface area contributed by atoms with E-state index in [1.165, 1.54) is 9.13 Å². The monoisotopic (exact) mass is 459 g/mol. The van der Waals surface area contributed by atoms with Crippen molar-refractivity contribution in [3.63, 3.8) is 0 Å². The maximum absolute atomic E-state index is 13.5. The van der Waals surface area contributed by atoms with Crippen molar-refractivity contribution < 1.29 is 4.79 Å². The van der Waals surface area contributed by atoms with Crippen molar-refractivity contribution in [2.45, 2.75) is 53.8 Å². The van der Waals surface area contributed by atoms with Crippen molar-refractivity contribution in [3.8, 4) is 0 Å². The second-order valence-corrected chi connectivity index (χ2v) is 8.53. The molecule has 2 aromatic heterocycles. The molecule has 8 heteroatoms. The lowest BCUT2D eigenvalue weighted by Crippen LogP contribution is -2.42. The number of aromatic nitrogens is 4. The van der Waals surface area contributed by atoms with E-state index < -0.39 is 5.69 Å². The summed E-state index contributed by atoms with van der Waals surface area (Å²) in [5.41, 5.74) is 4.14. The number of fused-ring (bicyclic) bond motifs is 1. The van der Waals surface area contributed by atoms with E-state index in [0.717, 1.165) is 16.7 Å². The van der Waals surface area contributed by atoms with Crippen molar-refractivity contribution in [3.05, 3.63) is 91.8 Å². The maximum atomic E-state index is 13.5. The molecule has 0 aliphatic carbocycles. The van der Waals surface area contributed by atoms with Crippen LogP contribution in [0.15, 0.2) is 58.1 Å². The summed E-state index contributed by atoms with van der Waals surface area (Å²) in [6, 6.07) is 15.4. The molecule has 176 valence electrons. The van der Waals surface area contributed by atoms with Gasteiger partial charge in [-0.15, -0.1) is 0 Å². The minimum Gasteiger partial charge on any atom is -0.324 e. The Kier molecular flexibility index (Phi) is 6.49. The molecule has 0 bridgehead atoms. The van der Waals surface area contributed by atoms with Gasteiger partial charge in [0.25, 0.3) is 5.56 Å². The van der Waals surface area contributed by atoms with E-state index in [4.69, 9.17) is 0 Å². The third kappa shape index (κ3) is 4.44. The van der Waals surface area contributed by atoms with Crippen LogP contribution in [0.25, 0.3) is 11.0 Å². The number of amides is 1. The van der Waals surface area contributed by atoms with E-state index in [2.05, 4.69) is 10.4 Å². The number of carbonyl (C=O) groups excluding carboxylic acids is 1. The molecule has 0 unspecified atom stereocenters. The third-order valence-electron chi connectivity index (χ3n) is 6.00. The smallest absolute Gasteiger partial charge is 0.324 e. The standard InChI is InChI=1S/C26H29N5O3/c1-5-31-24-23(19(4)28-31)30(16-22(32)27-21-12-11-17(2)15-18(21)3)26(34)29(25(24)33)14-13-20-9-7-6-8-10-20/h6-12,15H,5,13-14,16H2,1-4H3,(H,27,32). The maximum Gasteiger partial charge on any atom is 0.332 e. The molecule has 0 saturated heterocycles. The molecule has 2 aromatic carbocycles. The van der Waals surface area contributed by atoms with Gasteiger partial charge >= 0.3 is 5.69 Å². The first-order chi connectivity index (χ1) is 16.3. The summed E-state index contributed by atoms with van der Waals surface area (Å²) in [5, 5.41) is 7.35. The molecule has 34 heavy (non-hydrogen) atoms. The first-order valence-electron chi connectivity index (χ1n) is 11.4. The first-order valence-corrected chi connectivity index (χ1v) is 11.4. The van der Waals surface area contributed by atoms with E-state index in [1.54, 1.807) is 11.6 Å². The molecular weight excluding hydrogens is 430 g/mol. The Hall–Kier alpha value is -3.94. The van der Waals surface area contributed by atoms with E-state index in [0.29, 0.717) is 35.4 Å². The topological polar surface area (TPSA) is 90.9 Å². The van der Waals surface area contributed by atoms with Gasteiger partial charge in [0, 0.05) is 18.8 Å². The Balaban J connectivity index is 1.76. The van der Waals surface area contributed by atoms with Gasteiger partial charge in [-0.3, -0.25) is 23.4 Å². The van der Waals surface area contributed by atoms with Crippen LogP contribution in [0.5, 0.6) is 0 Å².